The summed E-state index contributed by atoms with van der Waals surface area (Å²) in [6.07, 6.45) is 4.86. The van der Waals surface area contributed by atoms with E-state index in [0.29, 0.717) is 12.1 Å². The molecule has 18 heavy (non-hydrogen) atoms. The van der Waals surface area contributed by atoms with E-state index in [2.05, 4.69) is 36.1 Å². The molecular formula is C14H31N3O. The van der Waals surface area contributed by atoms with Gasteiger partial charge in [-0.05, 0) is 66.0 Å². The number of rotatable bonds is 11. The minimum absolute atomic E-state index is 0.270. The van der Waals surface area contributed by atoms with Crippen molar-refractivity contribution in [3.8, 4) is 0 Å². The van der Waals surface area contributed by atoms with E-state index in [1.165, 1.54) is 19.3 Å². The van der Waals surface area contributed by atoms with Crippen LogP contribution in [-0.4, -0.2) is 73.9 Å². The van der Waals surface area contributed by atoms with Crippen molar-refractivity contribution >= 4 is 0 Å². The second-order valence-electron chi connectivity index (χ2n) is 5.70. The van der Waals surface area contributed by atoms with Crippen molar-refractivity contribution in [3.05, 3.63) is 0 Å². The van der Waals surface area contributed by atoms with Crippen molar-refractivity contribution in [2.45, 2.75) is 44.7 Å². The van der Waals surface area contributed by atoms with E-state index in [1.807, 2.05) is 0 Å². The highest BCUT2D eigenvalue weighted by molar-refractivity contribution is 4.85. The molecule has 0 aliphatic heterocycles. The summed E-state index contributed by atoms with van der Waals surface area (Å²) in [5.41, 5.74) is 0. The van der Waals surface area contributed by atoms with Crippen LogP contribution in [-0.2, 0) is 0 Å². The summed E-state index contributed by atoms with van der Waals surface area (Å²) in [5, 5.41) is 12.9. The Morgan fingerprint density at radius 1 is 1.22 bits per heavy atom. The van der Waals surface area contributed by atoms with Crippen LogP contribution >= 0.6 is 0 Å². The summed E-state index contributed by atoms with van der Waals surface area (Å²) in [5.74, 6) is 0. The van der Waals surface area contributed by atoms with Crippen LogP contribution < -0.4 is 5.32 Å². The van der Waals surface area contributed by atoms with Gasteiger partial charge in [-0.2, -0.15) is 0 Å². The Kier molecular flexibility index (Phi) is 7.82. The topological polar surface area (TPSA) is 38.7 Å². The third-order valence-electron chi connectivity index (χ3n) is 3.59. The highest BCUT2D eigenvalue weighted by Crippen LogP contribution is 2.19. The third kappa shape index (κ3) is 7.31. The Bertz CT molecular complexity index is 207. The molecule has 1 aliphatic carbocycles. The van der Waals surface area contributed by atoms with E-state index in [0.717, 1.165) is 32.6 Å². The summed E-state index contributed by atoms with van der Waals surface area (Å²) in [7, 11) is 4.25. The van der Waals surface area contributed by atoms with Gasteiger partial charge in [0.05, 0.1) is 6.61 Å². The van der Waals surface area contributed by atoms with E-state index in [9.17, 15) is 5.11 Å². The molecule has 2 N–H and O–H groups in total. The molecular weight excluding hydrogens is 226 g/mol. The highest BCUT2D eigenvalue weighted by Gasteiger charge is 2.24. The summed E-state index contributed by atoms with van der Waals surface area (Å²) >= 11 is 0. The van der Waals surface area contributed by atoms with E-state index in [4.69, 9.17) is 0 Å². The van der Waals surface area contributed by atoms with Crippen molar-refractivity contribution in [2.75, 3.05) is 46.9 Å². The third-order valence-corrected chi connectivity index (χ3v) is 3.59. The predicted octanol–water partition coefficient (Wildman–Crippen LogP) is 0.763. The number of nitrogens with zero attached hydrogens (tertiary/aromatic N) is 2. The van der Waals surface area contributed by atoms with Crippen LogP contribution in [0.1, 0.15) is 32.6 Å². The fraction of sp³-hybridized carbons (Fsp3) is 1.00. The van der Waals surface area contributed by atoms with Gasteiger partial charge in [0.15, 0.2) is 0 Å². The minimum Gasteiger partial charge on any atom is -0.395 e. The molecule has 4 nitrogen and oxygen atoms in total. The number of hydrogen-bond acceptors (Lipinski definition) is 4. The molecule has 4 heteroatoms. The zero-order chi connectivity index (χ0) is 13.4. The molecule has 0 amide bonds. The molecule has 1 fully saturated rings. The van der Waals surface area contributed by atoms with Crippen molar-refractivity contribution in [2.24, 2.45) is 0 Å². The van der Waals surface area contributed by atoms with Gasteiger partial charge in [0.2, 0.25) is 0 Å². The van der Waals surface area contributed by atoms with Gasteiger partial charge in [-0.15, -0.1) is 0 Å². The summed E-state index contributed by atoms with van der Waals surface area (Å²) < 4.78 is 0. The summed E-state index contributed by atoms with van der Waals surface area (Å²) in [4.78, 5) is 4.72. The minimum atomic E-state index is 0.270. The first-order valence-corrected chi connectivity index (χ1v) is 7.39. The average Bonchev–Trinajstić information content (AvgIpc) is 3.15. The predicted molar refractivity (Wildman–Crippen MR) is 76.9 cm³/mol. The number of hydrogen-bond donors (Lipinski definition) is 2. The van der Waals surface area contributed by atoms with Crippen molar-refractivity contribution < 1.29 is 5.11 Å². The Balaban J connectivity index is 2.11. The van der Waals surface area contributed by atoms with Gasteiger partial charge in [-0.25, -0.2) is 0 Å². The Hall–Kier alpha value is -0.160. The number of aliphatic hydroxyl groups excluding tert-OH is 1. The first kappa shape index (κ1) is 15.9. The summed E-state index contributed by atoms with van der Waals surface area (Å²) in [6.45, 7) is 7.00. The maximum Gasteiger partial charge on any atom is 0.0585 e. The van der Waals surface area contributed by atoms with Gasteiger partial charge in [-0.1, -0.05) is 6.92 Å². The van der Waals surface area contributed by atoms with Crippen LogP contribution in [0.3, 0.4) is 0 Å². The lowest BCUT2D eigenvalue weighted by Gasteiger charge is -2.24. The zero-order valence-corrected chi connectivity index (χ0v) is 12.4. The molecule has 1 saturated carbocycles. The molecule has 0 radical (unpaired) electrons. The fourth-order valence-corrected chi connectivity index (χ4v) is 2.19. The van der Waals surface area contributed by atoms with E-state index in [-0.39, 0.29) is 6.61 Å². The molecule has 1 rings (SSSR count). The lowest BCUT2D eigenvalue weighted by Crippen LogP contribution is -2.38. The second-order valence-corrected chi connectivity index (χ2v) is 5.70. The van der Waals surface area contributed by atoms with Gasteiger partial charge in [0.25, 0.3) is 0 Å². The van der Waals surface area contributed by atoms with Crippen LogP contribution in [0.2, 0.25) is 0 Å². The maximum absolute atomic E-state index is 9.35. The molecule has 1 aliphatic rings. The quantitative estimate of drug-likeness (QED) is 0.573. The SMILES string of the molecule is CCN(CCCN(C)C)CCC(CO)NC1CC1. The van der Waals surface area contributed by atoms with Crippen LogP contribution in [0.25, 0.3) is 0 Å². The normalized spacial score (nSPS) is 17.7. The van der Waals surface area contributed by atoms with Crippen LogP contribution in [0.5, 0.6) is 0 Å². The molecule has 0 bridgehead atoms. The first-order valence-electron chi connectivity index (χ1n) is 7.39. The van der Waals surface area contributed by atoms with Crippen molar-refractivity contribution in [1.82, 2.24) is 15.1 Å². The van der Waals surface area contributed by atoms with Crippen LogP contribution in [0.4, 0.5) is 0 Å². The Morgan fingerprint density at radius 2 is 1.94 bits per heavy atom. The molecule has 0 aromatic rings. The monoisotopic (exact) mass is 257 g/mol. The van der Waals surface area contributed by atoms with E-state index in [1.54, 1.807) is 0 Å². The smallest absolute Gasteiger partial charge is 0.0585 e. The molecule has 0 heterocycles. The average molecular weight is 257 g/mol. The molecule has 0 spiro atoms. The lowest BCUT2D eigenvalue weighted by molar-refractivity contribution is 0.204. The molecule has 1 unspecified atom stereocenters. The fourth-order valence-electron chi connectivity index (χ4n) is 2.19. The van der Waals surface area contributed by atoms with Crippen LogP contribution in [0.15, 0.2) is 0 Å². The standard InChI is InChI=1S/C14H31N3O/c1-4-17(10-5-9-16(2)3)11-8-14(12-18)15-13-6-7-13/h13-15,18H,4-12H2,1-3H3. The van der Waals surface area contributed by atoms with Crippen LogP contribution in [0, 0.1) is 0 Å². The van der Waals surface area contributed by atoms with Crippen molar-refractivity contribution in [1.29, 1.82) is 0 Å². The molecule has 0 saturated heterocycles. The maximum atomic E-state index is 9.35. The first-order chi connectivity index (χ1) is 8.65. The highest BCUT2D eigenvalue weighted by atomic mass is 16.3. The van der Waals surface area contributed by atoms with Gasteiger partial charge in [-0.3, -0.25) is 0 Å². The Morgan fingerprint density at radius 3 is 2.44 bits per heavy atom. The van der Waals surface area contributed by atoms with E-state index < -0.39 is 0 Å². The largest absolute Gasteiger partial charge is 0.395 e. The van der Waals surface area contributed by atoms with Gasteiger partial charge in [0.1, 0.15) is 0 Å². The Labute approximate surface area is 112 Å². The lowest BCUT2D eigenvalue weighted by atomic mass is 10.2. The molecule has 1 atom stereocenters. The van der Waals surface area contributed by atoms with Gasteiger partial charge in [0, 0.05) is 12.1 Å². The van der Waals surface area contributed by atoms with Gasteiger partial charge < -0.3 is 20.2 Å². The van der Waals surface area contributed by atoms with Crippen molar-refractivity contribution in [3.63, 3.8) is 0 Å². The number of nitrogens with one attached hydrogen (secondary N) is 1. The van der Waals surface area contributed by atoms with Gasteiger partial charge >= 0.3 is 0 Å². The molecule has 0 aromatic carbocycles. The molecule has 108 valence electrons. The zero-order valence-electron chi connectivity index (χ0n) is 12.4. The van der Waals surface area contributed by atoms with E-state index >= 15 is 0 Å². The number of aliphatic hydroxyl groups is 1. The summed E-state index contributed by atoms with van der Waals surface area (Å²) in [6, 6.07) is 0.978. The molecule has 0 aromatic heterocycles. The second kappa shape index (κ2) is 8.86.